The summed E-state index contributed by atoms with van der Waals surface area (Å²) >= 11 is 0. The fourth-order valence-corrected chi connectivity index (χ4v) is 4.65. The van der Waals surface area contributed by atoms with Crippen molar-refractivity contribution in [3.63, 3.8) is 0 Å². The Hall–Kier alpha value is -3.91. The van der Waals surface area contributed by atoms with E-state index in [0.29, 0.717) is 18.0 Å². The second kappa shape index (κ2) is 9.93. The van der Waals surface area contributed by atoms with Crippen molar-refractivity contribution >= 4 is 49.4 Å². The van der Waals surface area contributed by atoms with E-state index >= 15 is 0 Å². The summed E-state index contributed by atoms with van der Waals surface area (Å²) in [4.78, 5) is 12.6. The second-order valence-electron chi connectivity index (χ2n) is 7.72. The van der Waals surface area contributed by atoms with Crippen LogP contribution in [0.1, 0.15) is 12.5 Å². The SMILES string of the molecule is CCOc1ccc(N(CC(=O)N/N=C\c2c3ccccc3cc3ccccc23)S(C)(=O)=O)cc1. The smallest absolute Gasteiger partial charge is 0.260 e. The molecule has 0 unspecified atom stereocenters. The Balaban J connectivity index is 1.56. The summed E-state index contributed by atoms with van der Waals surface area (Å²) in [7, 11) is -3.69. The van der Waals surface area contributed by atoms with Crippen LogP contribution in [0.2, 0.25) is 0 Å². The van der Waals surface area contributed by atoms with Crippen molar-refractivity contribution in [2.75, 3.05) is 23.7 Å². The third kappa shape index (κ3) is 5.18. The Morgan fingerprint density at radius 1 is 0.971 bits per heavy atom. The second-order valence-corrected chi connectivity index (χ2v) is 9.63. The van der Waals surface area contributed by atoms with E-state index in [0.717, 1.165) is 37.7 Å². The first-order chi connectivity index (χ1) is 16.4. The molecule has 0 atom stereocenters. The number of anilines is 1. The van der Waals surface area contributed by atoms with E-state index in [1.807, 2.05) is 55.5 Å². The number of hydrogen-bond acceptors (Lipinski definition) is 5. The molecule has 4 aromatic rings. The van der Waals surface area contributed by atoms with Crippen LogP contribution in [0.4, 0.5) is 5.69 Å². The quantitative estimate of drug-likeness (QED) is 0.234. The molecule has 0 bridgehead atoms. The number of ether oxygens (including phenoxy) is 1. The molecule has 7 nitrogen and oxygen atoms in total. The number of hydrazone groups is 1. The summed E-state index contributed by atoms with van der Waals surface area (Å²) < 4.78 is 31.1. The van der Waals surface area contributed by atoms with Crippen LogP contribution >= 0.6 is 0 Å². The zero-order chi connectivity index (χ0) is 24.1. The summed E-state index contributed by atoms with van der Waals surface area (Å²) in [5.74, 6) is 0.0659. The van der Waals surface area contributed by atoms with Gasteiger partial charge in [0.1, 0.15) is 12.3 Å². The van der Waals surface area contributed by atoms with E-state index in [-0.39, 0.29) is 0 Å². The molecule has 0 aliphatic heterocycles. The molecule has 0 heterocycles. The van der Waals surface area contributed by atoms with Crippen LogP contribution in [0.15, 0.2) is 84.0 Å². The monoisotopic (exact) mass is 475 g/mol. The van der Waals surface area contributed by atoms with Gasteiger partial charge in [0.15, 0.2) is 0 Å². The molecular formula is C26H25N3O4S. The summed E-state index contributed by atoms with van der Waals surface area (Å²) in [6.45, 7) is 1.96. The molecule has 0 fully saturated rings. The number of amides is 1. The lowest BCUT2D eigenvalue weighted by Crippen LogP contribution is -2.39. The highest BCUT2D eigenvalue weighted by molar-refractivity contribution is 7.92. The number of hydrogen-bond donors (Lipinski definition) is 1. The molecular weight excluding hydrogens is 450 g/mol. The Bertz CT molecular complexity index is 1410. The van der Waals surface area contributed by atoms with Gasteiger partial charge in [-0.3, -0.25) is 9.10 Å². The maximum atomic E-state index is 12.6. The number of fused-ring (bicyclic) bond motifs is 2. The number of carbonyl (C=O) groups is 1. The first-order valence-electron chi connectivity index (χ1n) is 10.8. The number of nitrogens with one attached hydrogen (secondary N) is 1. The number of sulfonamides is 1. The highest BCUT2D eigenvalue weighted by Gasteiger charge is 2.20. The minimum absolute atomic E-state index is 0.366. The Morgan fingerprint density at radius 2 is 1.56 bits per heavy atom. The first-order valence-corrected chi connectivity index (χ1v) is 12.6. The molecule has 0 saturated carbocycles. The van der Waals surface area contributed by atoms with Gasteiger partial charge in [-0.1, -0.05) is 48.5 Å². The maximum absolute atomic E-state index is 12.6. The Labute approximate surface area is 198 Å². The van der Waals surface area contributed by atoms with E-state index in [2.05, 4.69) is 16.6 Å². The van der Waals surface area contributed by atoms with E-state index in [1.165, 1.54) is 0 Å². The summed E-state index contributed by atoms with van der Waals surface area (Å²) in [5.41, 5.74) is 3.71. The lowest BCUT2D eigenvalue weighted by atomic mass is 9.97. The van der Waals surface area contributed by atoms with Crippen molar-refractivity contribution in [3.05, 3.63) is 84.4 Å². The number of rotatable bonds is 8. The molecule has 34 heavy (non-hydrogen) atoms. The fourth-order valence-electron chi connectivity index (χ4n) is 3.80. The van der Waals surface area contributed by atoms with Crippen LogP contribution in [0.3, 0.4) is 0 Å². The van der Waals surface area contributed by atoms with Crippen molar-refractivity contribution in [2.24, 2.45) is 5.10 Å². The zero-order valence-corrected chi connectivity index (χ0v) is 19.7. The molecule has 0 spiro atoms. The van der Waals surface area contributed by atoms with Gasteiger partial charge < -0.3 is 4.74 Å². The van der Waals surface area contributed by atoms with Gasteiger partial charge in [0, 0.05) is 5.56 Å². The Morgan fingerprint density at radius 3 is 2.12 bits per heavy atom. The topological polar surface area (TPSA) is 88.1 Å². The molecule has 8 heteroatoms. The van der Waals surface area contributed by atoms with Gasteiger partial charge in [-0.15, -0.1) is 0 Å². The maximum Gasteiger partial charge on any atom is 0.260 e. The van der Waals surface area contributed by atoms with E-state index < -0.39 is 22.5 Å². The van der Waals surface area contributed by atoms with Gasteiger partial charge in [0.05, 0.1) is 24.8 Å². The molecule has 0 saturated heterocycles. The van der Waals surface area contributed by atoms with Gasteiger partial charge in [0.25, 0.3) is 5.91 Å². The fraction of sp³-hybridized carbons (Fsp3) is 0.154. The molecule has 4 rings (SSSR count). The van der Waals surface area contributed by atoms with E-state index in [1.54, 1.807) is 30.5 Å². The number of benzene rings is 4. The van der Waals surface area contributed by atoms with Crippen LogP contribution in [0.5, 0.6) is 5.75 Å². The highest BCUT2D eigenvalue weighted by Crippen LogP contribution is 2.27. The number of nitrogens with zero attached hydrogens (tertiary/aromatic N) is 2. The predicted octanol–water partition coefficient (Wildman–Crippen LogP) is 4.31. The highest BCUT2D eigenvalue weighted by atomic mass is 32.2. The normalized spacial score (nSPS) is 11.7. The zero-order valence-electron chi connectivity index (χ0n) is 18.9. The lowest BCUT2D eigenvalue weighted by Gasteiger charge is -2.21. The van der Waals surface area contributed by atoms with Crippen LogP contribution in [0, 0.1) is 0 Å². The standard InChI is InChI=1S/C26H25N3O4S/c1-3-33-22-14-12-21(13-15-22)29(34(2,31)32)18-26(30)28-27-17-25-23-10-6-4-8-19(23)16-20-9-5-7-11-24(20)25/h4-17H,3,18H2,1-2H3,(H,28,30)/b27-17-. The van der Waals surface area contributed by atoms with Crippen LogP contribution in [-0.2, 0) is 14.8 Å². The Kier molecular flexibility index (Phi) is 6.79. The van der Waals surface area contributed by atoms with Gasteiger partial charge in [-0.25, -0.2) is 13.8 Å². The largest absolute Gasteiger partial charge is 0.494 e. The third-order valence-electron chi connectivity index (χ3n) is 5.32. The predicted molar refractivity (Wildman–Crippen MR) is 137 cm³/mol. The van der Waals surface area contributed by atoms with Crippen LogP contribution in [-0.4, -0.2) is 39.9 Å². The van der Waals surface area contributed by atoms with Crippen molar-refractivity contribution in [2.45, 2.75) is 6.92 Å². The third-order valence-corrected chi connectivity index (χ3v) is 6.46. The number of carbonyl (C=O) groups excluding carboxylic acids is 1. The van der Waals surface area contributed by atoms with Gasteiger partial charge in [0.2, 0.25) is 10.0 Å². The molecule has 4 aromatic carbocycles. The van der Waals surface area contributed by atoms with E-state index in [4.69, 9.17) is 4.74 Å². The summed E-state index contributed by atoms with van der Waals surface area (Å²) in [6, 6.07) is 24.6. The van der Waals surface area contributed by atoms with Gasteiger partial charge in [-0.05, 0) is 58.8 Å². The lowest BCUT2D eigenvalue weighted by molar-refractivity contribution is -0.119. The molecule has 0 aliphatic carbocycles. The van der Waals surface area contributed by atoms with Crippen LogP contribution < -0.4 is 14.5 Å². The van der Waals surface area contributed by atoms with Crippen molar-refractivity contribution in [1.82, 2.24) is 5.43 Å². The summed E-state index contributed by atoms with van der Waals surface area (Å²) in [6.07, 6.45) is 2.66. The molecule has 0 aromatic heterocycles. The molecule has 0 aliphatic rings. The molecule has 1 amide bonds. The van der Waals surface area contributed by atoms with E-state index in [9.17, 15) is 13.2 Å². The molecule has 174 valence electrons. The molecule has 1 N–H and O–H groups in total. The van der Waals surface area contributed by atoms with Gasteiger partial charge in [-0.2, -0.15) is 5.10 Å². The molecule has 0 radical (unpaired) electrons. The minimum Gasteiger partial charge on any atom is -0.494 e. The van der Waals surface area contributed by atoms with Crippen LogP contribution in [0.25, 0.3) is 21.5 Å². The van der Waals surface area contributed by atoms with Crippen molar-refractivity contribution < 1.29 is 17.9 Å². The summed E-state index contributed by atoms with van der Waals surface area (Å²) in [5, 5.41) is 8.28. The van der Waals surface area contributed by atoms with Gasteiger partial charge >= 0.3 is 0 Å². The van der Waals surface area contributed by atoms with Crippen molar-refractivity contribution in [3.8, 4) is 5.75 Å². The first kappa shape index (κ1) is 23.3. The minimum atomic E-state index is -3.69. The van der Waals surface area contributed by atoms with Crippen molar-refractivity contribution in [1.29, 1.82) is 0 Å². The average Bonchev–Trinajstić information content (AvgIpc) is 2.82. The average molecular weight is 476 g/mol.